The molecule has 0 bridgehead atoms. The van der Waals surface area contributed by atoms with Crippen LogP contribution in [-0.2, 0) is 11.2 Å². The van der Waals surface area contributed by atoms with E-state index in [1.165, 1.54) is 29.3 Å². The van der Waals surface area contributed by atoms with Gasteiger partial charge in [-0.3, -0.25) is 4.79 Å². The fraction of sp³-hybridized carbons (Fsp3) is 0.273. The minimum atomic E-state index is -0.691. The topological polar surface area (TPSA) is 111 Å². The molecule has 0 spiro atoms. The highest BCUT2D eigenvalue weighted by atomic mass is 32.2. The number of aromatic amines is 1. The van der Waals surface area contributed by atoms with E-state index in [2.05, 4.69) is 15.0 Å². The molecule has 20 heavy (non-hydrogen) atoms. The van der Waals surface area contributed by atoms with Gasteiger partial charge in [-0.25, -0.2) is 14.8 Å². The molecule has 7 nitrogen and oxygen atoms in total. The average Bonchev–Trinajstić information content (AvgIpc) is 2.84. The van der Waals surface area contributed by atoms with Crippen molar-refractivity contribution >= 4 is 34.2 Å². The maximum absolute atomic E-state index is 11.7. The van der Waals surface area contributed by atoms with Crippen molar-refractivity contribution in [3.8, 4) is 0 Å². The molecule has 2 rings (SSSR count). The first-order valence-electron chi connectivity index (χ1n) is 5.60. The summed E-state index contributed by atoms with van der Waals surface area (Å²) in [6, 6.07) is 0. The number of aromatic nitrogens is 3. The quantitative estimate of drug-likeness (QED) is 0.480. The van der Waals surface area contributed by atoms with Gasteiger partial charge in [-0.1, -0.05) is 11.8 Å². The molecular formula is C11H12N4O3S2. The van der Waals surface area contributed by atoms with Crippen LogP contribution in [-0.4, -0.2) is 33.8 Å². The summed E-state index contributed by atoms with van der Waals surface area (Å²) >= 11 is 2.62. The van der Waals surface area contributed by atoms with Crippen molar-refractivity contribution in [3.05, 3.63) is 33.2 Å². The van der Waals surface area contributed by atoms with Crippen LogP contribution in [0.5, 0.6) is 0 Å². The predicted molar refractivity (Wildman–Crippen MR) is 77.2 cm³/mol. The van der Waals surface area contributed by atoms with Crippen molar-refractivity contribution in [1.29, 1.82) is 0 Å². The standard InChI is InChI=1S/C11H12N4O3S2/c1-19-11-14-5-7(8(16)15-11)9(17)18-3-2-6-4-13-10(12)20-6/h4-5H,2-3H2,1H3,(H2,12,13)(H,14,15,16). The summed E-state index contributed by atoms with van der Waals surface area (Å²) in [4.78, 5) is 34.6. The van der Waals surface area contributed by atoms with Crippen LogP contribution in [0.1, 0.15) is 15.2 Å². The van der Waals surface area contributed by atoms with Gasteiger partial charge in [0.05, 0.1) is 6.61 Å². The van der Waals surface area contributed by atoms with Crippen LogP contribution >= 0.6 is 23.1 Å². The molecule has 0 saturated carbocycles. The van der Waals surface area contributed by atoms with Gasteiger partial charge in [0.2, 0.25) is 0 Å². The minimum Gasteiger partial charge on any atom is -0.462 e. The molecule has 0 amide bonds. The third kappa shape index (κ3) is 3.58. The van der Waals surface area contributed by atoms with Crippen LogP contribution in [0.25, 0.3) is 0 Å². The molecule has 2 heterocycles. The highest BCUT2D eigenvalue weighted by Gasteiger charge is 2.13. The van der Waals surface area contributed by atoms with Crippen LogP contribution in [0, 0.1) is 0 Å². The van der Waals surface area contributed by atoms with E-state index in [0.29, 0.717) is 16.7 Å². The Hall–Kier alpha value is -1.87. The Balaban J connectivity index is 1.93. The number of ether oxygens (including phenoxy) is 1. The van der Waals surface area contributed by atoms with Crippen molar-refractivity contribution < 1.29 is 9.53 Å². The number of nitrogens with one attached hydrogen (secondary N) is 1. The lowest BCUT2D eigenvalue weighted by molar-refractivity contribution is 0.0507. The number of anilines is 1. The second kappa shape index (κ2) is 6.53. The predicted octanol–water partition coefficient (Wildman–Crippen LogP) is 0.930. The van der Waals surface area contributed by atoms with Crippen LogP contribution in [0.15, 0.2) is 22.3 Å². The Bertz CT molecular complexity index is 668. The number of thiazole rings is 1. The number of carbonyl (C=O) groups is 1. The summed E-state index contributed by atoms with van der Waals surface area (Å²) in [5.74, 6) is -0.691. The Morgan fingerprint density at radius 3 is 2.90 bits per heavy atom. The second-order valence-corrected chi connectivity index (χ2v) is 5.63. The summed E-state index contributed by atoms with van der Waals surface area (Å²) in [7, 11) is 0. The maximum Gasteiger partial charge on any atom is 0.345 e. The van der Waals surface area contributed by atoms with E-state index in [1.807, 2.05) is 0 Å². The smallest absolute Gasteiger partial charge is 0.345 e. The second-order valence-electron chi connectivity index (χ2n) is 3.69. The maximum atomic E-state index is 11.7. The lowest BCUT2D eigenvalue weighted by Gasteiger charge is -2.03. The van der Waals surface area contributed by atoms with Crippen molar-refractivity contribution in [2.75, 3.05) is 18.6 Å². The van der Waals surface area contributed by atoms with E-state index in [1.54, 1.807) is 12.5 Å². The van der Waals surface area contributed by atoms with E-state index in [-0.39, 0.29) is 12.2 Å². The SMILES string of the molecule is CSc1ncc(C(=O)OCCc2cnc(N)s2)c(=O)[nH]1. The molecule has 0 atom stereocenters. The number of hydrogen-bond acceptors (Lipinski definition) is 8. The fourth-order valence-electron chi connectivity index (χ4n) is 1.39. The zero-order chi connectivity index (χ0) is 14.5. The molecule has 0 aliphatic heterocycles. The number of nitrogens with two attached hydrogens (primary N) is 1. The van der Waals surface area contributed by atoms with E-state index >= 15 is 0 Å². The highest BCUT2D eigenvalue weighted by Crippen LogP contribution is 2.14. The normalized spacial score (nSPS) is 10.4. The van der Waals surface area contributed by atoms with Crippen molar-refractivity contribution in [1.82, 2.24) is 15.0 Å². The Morgan fingerprint density at radius 2 is 2.30 bits per heavy atom. The number of carbonyl (C=O) groups excluding carboxylic acids is 1. The first-order valence-corrected chi connectivity index (χ1v) is 7.65. The van der Waals surface area contributed by atoms with Crippen molar-refractivity contribution in [3.63, 3.8) is 0 Å². The molecule has 0 aliphatic rings. The Labute approximate surface area is 122 Å². The Kier molecular flexibility index (Phi) is 4.74. The van der Waals surface area contributed by atoms with Crippen molar-refractivity contribution in [2.45, 2.75) is 11.6 Å². The summed E-state index contributed by atoms with van der Waals surface area (Å²) in [5, 5.41) is 0.923. The zero-order valence-electron chi connectivity index (χ0n) is 10.6. The lowest BCUT2D eigenvalue weighted by atomic mass is 10.3. The summed E-state index contributed by atoms with van der Waals surface area (Å²) in [6.07, 6.45) is 5.14. The first-order chi connectivity index (χ1) is 9.60. The largest absolute Gasteiger partial charge is 0.462 e. The van der Waals surface area contributed by atoms with Crippen molar-refractivity contribution in [2.24, 2.45) is 0 Å². The molecule has 9 heteroatoms. The molecule has 0 fully saturated rings. The van der Waals surface area contributed by atoms with Gasteiger partial charge in [0.15, 0.2) is 10.3 Å². The molecule has 2 aromatic heterocycles. The van der Waals surface area contributed by atoms with Gasteiger partial charge in [-0.2, -0.15) is 0 Å². The minimum absolute atomic E-state index is 0.105. The van der Waals surface area contributed by atoms with Crippen LogP contribution in [0.4, 0.5) is 5.13 Å². The molecule has 0 aliphatic carbocycles. The van der Waals surface area contributed by atoms with Crippen LogP contribution in [0.3, 0.4) is 0 Å². The first kappa shape index (κ1) is 14.5. The van der Waals surface area contributed by atoms with E-state index in [9.17, 15) is 9.59 Å². The third-order valence-corrected chi connectivity index (χ3v) is 3.82. The average molecular weight is 312 g/mol. The van der Waals surface area contributed by atoms with Gasteiger partial charge in [0.1, 0.15) is 5.56 Å². The van der Waals surface area contributed by atoms with E-state index in [4.69, 9.17) is 10.5 Å². The number of H-pyrrole nitrogens is 1. The monoisotopic (exact) mass is 312 g/mol. The van der Waals surface area contributed by atoms with Gasteiger partial charge in [-0.15, -0.1) is 11.3 Å². The molecule has 0 saturated heterocycles. The lowest BCUT2D eigenvalue weighted by Crippen LogP contribution is -2.21. The van der Waals surface area contributed by atoms with E-state index in [0.717, 1.165) is 4.88 Å². The number of esters is 1. The van der Waals surface area contributed by atoms with Crippen LogP contribution < -0.4 is 11.3 Å². The van der Waals surface area contributed by atoms with Gasteiger partial charge in [-0.05, 0) is 6.26 Å². The molecule has 0 unspecified atom stereocenters. The van der Waals surface area contributed by atoms with Gasteiger partial charge in [0.25, 0.3) is 5.56 Å². The Morgan fingerprint density at radius 1 is 1.50 bits per heavy atom. The summed E-state index contributed by atoms with van der Waals surface area (Å²) in [6.45, 7) is 0.157. The van der Waals surface area contributed by atoms with Gasteiger partial charge >= 0.3 is 5.97 Å². The number of hydrogen-bond donors (Lipinski definition) is 2. The van der Waals surface area contributed by atoms with Gasteiger partial charge in [0, 0.05) is 23.7 Å². The molecule has 0 aromatic carbocycles. The van der Waals surface area contributed by atoms with Crippen LogP contribution in [0.2, 0.25) is 0 Å². The number of nitrogen functional groups attached to an aromatic ring is 1. The molecule has 3 N–H and O–H groups in total. The molecule has 0 radical (unpaired) electrons. The highest BCUT2D eigenvalue weighted by molar-refractivity contribution is 7.98. The molecule has 106 valence electrons. The van der Waals surface area contributed by atoms with Gasteiger partial charge < -0.3 is 15.5 Å². The summed E-state index contributed by atoms with van der Waals surface area (Å²) in [5.41, 5.74) is 4.88. The molecular weight excluding hydrogens is 300 g/mol. The number of thioether (sulfide) groups is 1. The third-order valence-electron chi connectivity index (χ3n) is 2.34. The zero-order valence-corrected chi connectivity index (χ0v) is 12.2. The molecule has 2 aromatic rings. The summed E-state index contributed by atoms with van der Waals surface area (Å²) < 4.78 is 5.03. The fourth-order valence-corrected chi connectivity index (χ4v) is 2.41. The van der Waals surface area contributed by atoms with E-state index < -0.39 is 11.5 Å². The number of rotatable bonds is 5. The number of nitrogens with zero attached hydrogens (tertiary/aromatic N) is 2.